The van der Waals surface area contributed by atoms with Crippen molar-refractivity contribution in [3.8, 4) is 0 Å². The van der Waals surface area contributed by atoms with Gasteiger partial charge in [0.15, 0.2) is 0 Å². The van der Waals surface area contributed by atoms with Crippen LogP contribution in [0.5, 0.6) is 0 Å². The Morgan fingerprint density at radius 3 is 3.00 bits per heavy atom. The Morgan fingerprint density at radius 1 is 1.56 bits per heavy atom. The Balaban J connectivity index is 2.08. The SMILES string of the molecule is CNC(C)c1ccn(Cc2cnc(C)s2)c1. The number of aryl methyl sites for hydroxylation is 1. The Morgan fingerprint density at radius 2 is 2.38 bits per heavy atom. The van der Waals surface area contributed by atoms with Crippen LogP contribution in [0.1, 0.15) is 28.4 Å². The lowest BCUT2D eigenvalue weighted by Crippen LogP contribution is -2.11. The Kier molecular flexibility index (Phi) is 3.41. The van der Waals surface area contributed by atoms with Gasteiger partial charge in [-0.05, 0) is 32.5 Å². The van der Waals surface area contributed by atoms with Gasteiger partial charge in [-0.1, -0.05) is 0 Å². The largest absolute Gasteiger partial charge is 0.349 e. The molecule has 0 radical (unpaired) electrons. The molecular weight excluding hydrogens is 218 g/mol. The van der Waals surface area contributed by atoms with Gasteiger partial charge in [-0.15, -0.1) is 11.3 Å². The smallest absolute Gasteiger partial charge is 0.0897 e. The Labute approximate surface area is 100 Å². The van der Waals surface area contributed by atoms with Crippen molar-refractivity contribution in [3.05, 3.63) is 40.1 Å². The highest BCUT2D eigenvalue weighted by atomic mass is 32.1. The summed E-state index contributed by atoms with van der Waals surface area (Å²) < 4.78 is 2.20. The molecule has 1 atom stereocenters. The van der Waals surface area contributed by atoms with Crippen LogP contribution in [0.15, 0.2) is 24.7 Å². The molecule has 0 amide bonds. The molecule has 4 heteroatoms. The molecule has 2 aromatic rings. The third-order valence-electron chi connectivity index (χ3n) is 2.71. The highest BCUT2D eigenvalue weighted by Gasteiger charge is 2.05. The average molecular weight is 235 g/mol. The van der Waals surface area contributed by atoms with E-state index in [1.54, 1.807) is 11.3 Å². The van der Waals surface area contributed by atoms with Crippen molar-refractivity contribution in [1.29, 1.82) is 0 Å². The van der Waals surface area contributed by atoms with E-state index in [0.29, 0.717) is 6.04 Å². The Hall–Kier alpha value is -1.13. The van der Waals surface area contributed by atoms with Crippen molar-refractivity contribution in [3.63, 3.8) is 0 Å². The third-order valence-corrected chi connectivity index (χ3v) is 3.61. The summed E-state index contributed by atoms with van der Waals surface area (Å²) >= 11 is 1.76. The molecule has 0 saturated heterocycles. The molecule has 0 fully saturated rings. The molecule has 0 bridgehead atoms. The molecule has 0 saturated carbocycles. The second-order valence-electron chi connectivity index (χ2n) is 3.97. The average Bonchev–Trinajstić information content (AvgIpc) is 2.87. The van der Waals surface area contributed by atoms with Gasteiger partial charge in [0.1, 0.15) is 0 Å². The zero-order chi connectivity index (χ0) is 11.5. The van der Waals surface area contributed by atoms with E-state index in [0.717, 1.165) is 11.6 Å². The van der Waals surface area contributed by atoms with E-state index in [2.05, 4.69) is 40.3 Å². The fourth-order valence-electron chi connectivity index (χ4n) is 1.64. The van der Waals surface area contributed by atoms with Gasteiger partial charge in [0.25, 0.3) is 0 Å². The van der Waals surface area contributed by atoms with Crippen LogP contribution in [0.25, 0.3) is 0 Å². The lowest BCUT2D eigenvalue weighted by Gasteiger charge is -2.06. The van der Waals surface area contributed by atoms with Crippen molar-refractivity contribution >= 4 is 11.3 Å². The first kappa shape index (κ1) is 11.4. The maximum atomic E-state index is 4.26. The molecule has 86 valence electrons. The van der Waals surface area contributed by atoms with E-state index in [1.807, 2.05) is 20.2 Å². The summed E-state index contributed by atoms with van der Waals surface area (Å²) in [6, 6.07) is 2.57. The highest BCUT2D eigenvalue weighted by molar-refractivity contribution is 7.11. The minimum atomic E-state index is 0.407. The quantitative estimate of drug-likeness (QED) is 0.882. The fraction of sp³-hybridized carbons (Fsp3) is 0.417. The van der Waals surface area contributed by atoms with Crippen LogP contribution >= 0.6 is 11.3 Å². The molecule has 2 rings (SSSR count). The van der Waals surface area contributed by atoms with Crippen LogP contribution in [-0.2, 0) is 6.54 Å². The van der Waals surface area contributed by atoms with Crippen LogP contribution in [0, 0.1) is 6.92 Å². The molecule has 0 aromatic carbocycles. The van der Waals surface area contributed by atoms with Crippen molar-refractivity contribution in [2.24, 2.45) is 0 Å². The van der Waals surface area contributed by atoms with Crippen LogP contribution in [0.3, 0.4) is 0 Å². The van der Waals surface area contributed by atoms with E-state index in [-0.39, 0.29) is 0 Å². The zero-order valence-electron chi connectivity index (χ0n) is 9.90. The predicted octanol–water partition coefficient (Wildman–Crippen LogP) is 2.58. The molecule has 1 N–H and O–H groups in total. The molecule has 0 aliphatic rings. The van der Waals surface area contributed by atoms with Gasteiger partial charge in [0, 0.05) is 29.5 Å². The van der Waals surface area contributed by atoms with Crippen LogP contribution < -0.4 is 5.32 Å². The standard InChI is InChI=1S/C12H17N3S/c1-9(13-3)11-4-5-15(7-11)8-12-6-14-10(2)16-12/h4-7,9,13H,8H2,1-3H3. The molecule has 3 nitrogen and oxygen atoms in total. The molecule has 0 aliphatic heterocycles. The van der Waals surface area contributed by atoms with Gasteiger partial charge in [-0.2, -0.15) is 0 Å². The second-order valence-corrected chi connectivity index (χ2v) is 5.29. The molecule has 2 aromatic heterocycles. The first-order valence-electron chi connectivity index (χ1n) is 5.43. The van der Waals surface area contributed by atoms with Gasteiger partial charge in [0.2, 0.25) is 0 Å². The first-order chi connectivity index (χ1) is 7.69. The van der Waals surface area contributed by atoms with Gasteiger partial charge in [-0.3, -0.25) is 0 Å². The third kappa shape index (κ3) is 2.51. The van der Waals surface area contributed by atoms with Crippen molar-refractivity contribution in [1.82, 2.24) is 14.9 Å². The number of nitrogens with one attached hydrogen (secondary N) is 1. The van der Waals surface area contributed by atoms with E-state index < -0.39 is 0 Å². The van der Waals surface area contributed by atoms with Gasteiger partial charge in [-0.25, -0.2) is 4.98 Å². The van der Waals surface area contributed by atoms with Crippen molar-refractivity contribution in [2.45, 2.75) is 26.4 Å². The number of aromatic nitrogens is 2. The van der Waals surface area contributed by atoms with Gasteiger partial charge in [0.05, 0.1) is 11.6 Å². The van der Waals surface area contributed by atoms with Gasteiger partial charge >= 0.3 is 0 Å². The summed E-state index contributed by atoms with van der Waals surface area (Å²) in [6.07, 6.45) is 6.27. The van der Waals surface area contributed by atoms with E-state index in [9.17, 15) is 0 Å². The highest BCUT2D eigenvalue weighted by Crippen LogP contribution is 2.16. The summed E-state index contributed by atoms with van der Waals surface area (Å²) in [7, 11) is 1.98. The predicted molar refractivity (Wildman–Crippen MR) is 67.9 cm³/mol. The molecule has 1 unspecified atom stereocenters. The van der Waals surface area contributed by atoms with E-state index in [1.165, 1.54) is 10.4 Å². The molecule has 0 aliphatic carbocycles. The normalized spacial score (nSPS) is 12.9. The molecule has 0 spiro atoms. The van der Waals surface area contributed by atoms with Gasteiger partial charge < -0.3 is 9.88 Å². The summed E-state index contributed by atoms with van der Waals surface area (Å²) in [5.74, 6) is 0. The van der Waals surface area contributed by atoms with Crippen molar-refractivity contribution in [2.75, 3.05) is 7.05 Å². The number of hydrogen-bond acceptors (Lipinski definition) is 3. The number of rotatable bonds is 4. The topological polar surface area (TPSA) is 29.9 Å². The maximum Gasteiger partial charge on any atom is 0.0897 e. The molecule has 16 heavy (non-hydrogen) atoms. The van der Waals surface area contributed by atoms with E-state index in [4.69, 9.17) is 0 Å². The minimum Gasteiger partial charge on any atom is -0.349 e. The zero-order valence-corrected chi connectivity index (χ0v) is 10.7. The second kappa shape index (κ2) is 4.80. The summed E-state index contributed by atoms with van der Waals surface area (Å²) in [4.78, 5) is 5.57. The molecule has 2 heterocycles. The monoisotopic (exact) mass is 235 g/mol. The lowest BCUT2D eigenvalue weighted by atomic mass is 10.2. The number of nitrogens with zero attached hydrogens (tertiary/aromatic N) is 2. The van der Waals surface area contributed by atoms with Crippen molar-refractivity contribution < 1.29 is 0 Å². The Bertz CT molecular complexity index is 458. The fourth-order valence-corrected chi connectivity index (χ4v) is 2.44. The lowest BCUT2D eigenvalue weighted by molar-refractivity contribution is 0.649. The summed E-state index contributed by atoms with van der Waals surface area (Å²) in [5.41, 5.74) is 1.32. The molecular formula is C12H17N3S. The van der Waals surface area contributed by atoms with Crippen LogP contribution in [0.2, 0.25) is 0 Å². The van der Waals surface area contributed by atoms with Crippen LogP contribution in [0.4, 0.5) is 0 Å². The summed E-state index contributed by atoms with van der Waals surface area (Å²) in [5, 5.41) is 4.37. The number of hydrogen-bond donors (Lipinski definition) is 1. The maximum absolute atomic E-state index is 4.26. The van der Waals surface area contributed by atoms with E-state index >= 15 is 0 Å². The number of thiazole rings is 1. The first-order valence-corrected chi connectivity index (χ1v) is 6.25. The van der Waals surface area contributed by atoms with Crippen LogP contribution in [-0.4, -0.2) is 16.6 Å². The minimum absolute atomic E-state index is 0.407. The summed E-state index contributed by atoms with van der Waals surface area (Å²) in [6.45, 7) is 5.12.